The van der Waals surface area contributed by atoms with E-state index in [1.54, 1.807) is 0 Å². The van der Waals surface area contributed by atoms with E-state index < -0.39 is 0 Å². The van der Waals surface area contributed by atoms with Crippen molar-refractivity contribution < 1.29 is 4.79 Å². The number of rotatable bonds is 5. The summed E-state index contributed by atoms with van der Waals surface area (Å²) >= 11 is 1.51. The van der Waals surface area contributed by atoms with Gasteiger partial charge in [-0.15, -0.1) is 11.3 Å². The van der Waals surface area contributed by atoms with Gasteiger partial charge >= 0.3 is 0 Å². The van der Waals surface area contributed by atoms with E-state index in [2.05, 4.69) is 20.6 Å². The Labute approximate surface area is 156 Å². The fourth-order valence-corrected chi connectivity index (χ4v) is 4.19. The van der Waals surface area contributed by atoms with E-state index in [9.17, 15) is 4.79 Å². The molecule has 0 unspecified atom stereocenters. The Balaban J connectivity index is 1.55. The first kappa shape index (κ1) is 17.0. The lowest BCUT2D eigenvalue weighted by Gasteiger charge is -2.22. The van der Waals surface area contributed by atoms with Crippen molar-refractivity contribution in [3.8, 4) is 0 Å². The molecular weight excluding hydrogens is 344 g/mol. The Morgan fingerprint density at radius 3 is 2.69 bits per heavy atom. The molecule has 1 saturated carbocycles. The zero-order valence-electron chi connectivity index (χ0n) is 14.6. The van der Waals surface area contributed by atoms with Crippen molar-refractivity contribution in [1.29, 1.82) is 0 Å². The number of aromatic nitrogens is 2. The smallest absolute Gasteiger partial charge is 0.271 e. The van der Waals surface area contributed by atoms with Gasteiger partial charge in [-0.3, -0.25) is 4.79 Å². The van der Waals surface area contributed by atoms with Crippen molar-refractivity contribution in [2.24, 2.45) is 0 Å². The topological polar surface area (TPSA) is 66.9 Å². The molecule has 1 fully saturated rings. The number of carbonyl (C=O) groups is 1. The number of anilines is 1. The molecule has 0 atom stereocenters. The highest BCUT2D eigenvalue weighted by molar-refractivity contribution is 7.17. The molecule has 6 heteroatoms. The van der Waals surface area contributed by atoms with Gasteiger partial charge in [-0.05, 0) is 29.9 Å². The minimum absolute atomic E-state index is 0.0884. The molecule has 4 rings (SSSR count). The summed E-state index contributed by atoms with van der Waals surface area (Å²) in [4.78, 5) is 21.9. The van der Waals surface area contributed by atoms with E-state index in [1.807, 2.05) is 41.8 Å². The monoisotopic (exact) mass is 366 g/mol. The molecule has 134 valence electrons. The molecule has 0 saturated heterocycles. The summed E-state index contributed by atoms with van der Waals surface area (Å²) in [6.45, 7) is 0.625. The van der Waals surface area contributed by atoms with E-state index in [0.29, 0.717) is 18.2 Å². The van der Waals surface area contributed by atoms with E-state index in [-0.39, 0.29) is 11.9 Å². The summed E-state index contributed by atoms with van der Waals surface area (Å²) < 4.78 is 0.851. The fourth-order valence-electron chi connectivity index (χ4n) is 3.37. The SMILES string of the molecule is O=C(NC1CCCCC1)c1nc(NCc2ccccc2)nc2ccsc12. The summed E-state index contributed by atoms with van der Waals surface area (Å²) in [5, 5.41) is 8.37. The van der Waals surface area contributed by atoms with Crippen molar-refractivity contribution in [3.63, 3.8) is 0 Å². The molecule has 0 radical (unpaired) electrons. The lowest BCUT2D eigenvalue weighted by atomic mass is 9.95. The summed E-state index contributed by atoms with van der Waals surface area (Å²) in [6, 6.07) is 12.3. The van der Waals surface area contributed by atoms with Crippen LogP contribution in [-0.4, -0.2) is 21.9 Å². The second-order valence-electron chi connectivity index (χ2n) is 6.68. The quantitative estimate of drug-likeness (QED) is 0.704. The molecule has 2 aromatic heterocycles. The number of fused-ring (bicyclic) bond motifs is 1. The molecule has 2 N–H and O–H groups in total. The Hall–Kier alpha value is -2.47. The summed E-state index contributed by atoms with van der Waals surface area (Å²) in [5.74, 6) is 0.406. The van der Waals surface area contributed by atoms with E-state index in [4.69, 9.17) is 0 Å². The van der Waals surface area contributed by atoms with Crippen LogP contribution in [0.2, 0.25) is 0 Å². The maximum Gasteiger partial charge on any atom is 0.271 e. The van der Waals surface area contributed by atoms with Gasteiger partial charge in [0.15, 0.2) is 5.69 Å². The Bertz CT molecular complexity index is 887. The highest BCUT2D eigenvalue weighted by atomic mass is 32.1. The van der Waals surface area contributed by atoms with Gasteiger partial charge in [0.05, 0.1) is 10.2 Å². The van der Waals surface area contributed by atoms with Crippen LogP contribution in [0.5, 0.6) is 0 Å². The third kappa shape index (κ3) is 3.85. The second-order valence-corrected chi connectivity index (χ2v) is 7.59. The van der Waals surface area contributed by atoms with Gasteiger partial charge in [0, 0.05) is 12.6 Å². The predicted octanol–water partition coefficient (Wildman–Crippen LogP) is 4.37. The maximum atomic E-state index is 12.8. The molecule has 0 spiro atoms. The molecular formula is C20H22N4OS. The normalized spacial score (nSPS) is 15.1. The zero-order valence-corrected chi connectivity index (χ0v) is 15.4. The molecule has 5 nitrogen and oxygen atoms in total. The van der Waals surface area contributed by atoms with Crippen molar-refractivity contribution in [3.05, 3.63) is 53.0 Å². The molecule has 2 heterocycles. The molecule has 26 heavy (non-hydrogen) atoms. The van der Waals surface area contributed by atoms with Crippen molar-refractivity contribution in [1.82, 2.24) is 15.3 Å². The fraction of sp³-hybridized carbons (Fsp3) is 0.350. The largest absolute Gasteiger partial charge is 0.350 e. The van der Waals surface area contributed by atoms with Crippen LogP contribution in [0.4, 0.5) is 5.95 Å². The average Bonchev–Trinajstić information content (AvgIpc) is 3.16. The number of hydrogen-bond acceptors (Lipinski definition) is 5. The molecule has 3 aromatic rings. The Kier molecular flexibility index (Phi) is 5.11. The number of nitrogens with zero attached hydrogens (tertiary/aromatic N) is 2. The molecule has 1 aromatic carbocycles. The first-order valence-electron chi connectivity index (χ1n) is 9.13. The molecule has 1 aliphatic carbocycles. The number of amides is 1. The number of nitrogens with one attached hydrogen (secondary N) is 2. The number of hydrogen-bond donors (Lipinski definition) is 2. The average molecular weight is 366 g/mol. The van der Waals surface area contributed by atoms with Crippen LogP contribution >= 0.6 is 11.3 Å². The Morgan fingerprint density at radius 1 is 1.08 bits per heavy atom. The first-order chi connectivity index (χ1) is 12.8. The van der Waals surface area contributed by atoms with Gasteiger partial charge < -0.3 is 10.6 Å². The van der Waals surface area contributed by atoms with Crippen LogP contribution in [0.3, 0.4) is 0 Å². The number of thiophene rings is 1. The van der Waals surface area contributed by atoms with Crippen molar-refractivity contribution in [2.45, 2.75) is 44.7 Å². The first-order valence-corrected chi connectivity index (χ1v) is 10.0. The molecule has 0 aliphatic heterocycles. The van der Waals surface area contributed by atoms with Crippen LogP contribution in [0.1, 0.15) is 48.2 Å². The van der Waals surface area contributed by atoms with E-state index >= 15 is 0 Å². The second kappa shape index (κ2) is 7.83. The summed E-state index contributed by atoms with van der Waals surface area (Å²) in [5.41, 5.74) is 2.44. The van der Waals surface area contributed by atoms with Gasteiger partial charge in [-0.25, -0.2) is 9.97 Å². The Morgan fingerprint density at radius 2 is 1.88 bits per heavy atom. The number of benzene rings is 1. The summed E-state index contributed by atoms with van der Waals surface area (Å²) in [6.07, 6.45) is 5.76. The van der Waals surface area contributed by atoms with Crippen LogP contribution in [0.15, 0.2) is 41.8 Å². The van der Waals surface area contributed by atoms with E-state index in [0.717, 1.165) is 28.6 Å². The van der Waals surface area contributed by atoms with Crippen LogP contribution < -0.4 is 10.6 Å². The molecule has 1 amide bonds. The van der Waals surface area contributed by atoms with E-state index in [1.165, 1.54) is 30.6 Å². The standard InChI is InChI=1S/C20H22N4OS/c25-19(22-15-9-5-2-6-10-15)17-18-16(11-12-26-18)23-20(24-17)21-13-14-7-3-1-4-8-14/h1,3-4,7-8,11-12,15H,2,5-6,9-10,13H2,(H,22,25)(H,21,23,24). The predicted molar refractivity (Wildman–Crippen MR) is 106 cm³/mol. The lowest BCUT2D eigenvalue weighted by molar-refractivity contribution is 0.0924. The lowest BCUT2D eigenvalue weighted by Crippen LogP contribution is -2.36. The van der Waals surface area contributed by atoms with Gasteiger partial charge in [0.1, 0.15) is 0 Å². The maximum absolute atomic E-state index is 12.8. The minimum atomic E-state index is -0.0884. The highest BCUT2D eigenvalue weighted by Crippen LogP contribution is 2.25. The third-order valence-electron chi connectivity index (χ3n) is 4.75. The molecule has 1 aliphatic rings. The highest BCUT2D eigenvalue weighted by Gasteiger charge is 2.21. The van der Waals surface area contributed by atoms with Crippen LogP contribution in [0.25, 0.3) is 10.2 Å². The van der Waals surface area contributed by atoms with Gasteiger partial charge in [-0.1, -0.05) is 49.6 Å². The van der Waals surface area contributed by atoms with Gasteiger partial charge in [-0.2, -0.15) is 0 Å². The van der Waals surface area contributed by atoms with Gasteiger partial charge in [0.2, 0.25) is 5.95 Å². The summed E-state index contributed by atoms with van der Waals surface area (Å²) in [7, 11) is 0. The van der Waals surface area contributed by atoms with Crippen LogP contribution in [0, 0.1) is 0 Å². The van der Waals surface area contributed by atoms with Gasteiger partial charge in [0.25, 0.3) is 5.91 Å². The zero-order chi connectivity index (χ0) is 17.8. The molecule has 0 bridgehead atoms. The van der Waals surface area contributed by atoms with Crippen LogP contribution in [-0.2, 0) is 6.54 Å². The van der Waals surface area contributed by atoms with Crippen molar-refractivity contribution in [2.75, 3.05) is 5.32 Å². The third-order valence-corrected chi connectivity index (χ3v) is 5.66. The number of carbonyl (C=O) groups excluding carboxylic acids is 1. The van der Waals surface area contributed by atoms with Crippen molar-refractivity contribution >= 4 is 33.4 Å². The minimum Gasteiger partial charge on any atom is -0.350 e.